The standard InChI is InChI=1S/C24H19F2N5/c25-19-7-5-15(13-20(19)26)23-17-3-1-2-4-18(17)24-28-21-8-6-16(14-22(21)31(24)29-23)30-11-9-27-10-12-30/h1-8,13-14,27H,9-12H2. The minimum absolute atomic E-state index is 0.525. The molecule has 0 spiro atoms. The Morgan fingerprint density at radius 1 is 0.839 bits per heavy atom. The summed E-state index contributed by atoms with van der Waals surface area (Å²) in [4.78, 5) is 7.17. The zero-order chi connectivity index (χ0) is 20.9. The second kappa shape index (κ2) is 6.99. The fraction of sp³-hybridized carbons (Fsp3) is 0.167. The first-order valence-corrected chi connectivity index (χ1v) is 10.3. The molecule has 1 fully saturated rings. The third-order valence-corrected chi connectivity index (χ3v) is 5.91. The van der Waals surface area contributed by atoms with Crippen molar-refractivity contribution in [3.05, 3.63) is 72.3 Å². The van der Waals surface area contributed by atoms with Gasteiger partial charge in [-0.1, -0.05) is 24.3 Å². The summed E-state index contributed by atoms with van der Waals surface area (Å²) in [5.74, 6) is -1.76. The molecular formula is C24H19F2N5. The lowest BCUT2D eigenvalue weighted by Crippen LogP contribution is -2.43. The van der Waals surface area contributed by atoms with Gasteiger partial charge in [-0.15, -0.1) is 0 Å². The Labute approximate surface area is 176 Å². The molecule has 1 N–H and O–H groups in total. The molecule has 2 aromatic heterocycles. The van der Waals surface area contributed by atoms with E-state index in [0.717, 1.165) is 65.4 Å². The van der Waals surface area contributed by atoms with E-state index in [1.807, 2.05) is 34.8 Å². The zero-order valence-electron chi connectivity index (χ0n) is 16.6. The van der Waals surface area contributed by atoms with Crippen molar-refractivity contribution in [2.75, 3.05) is 31.1 Å². The number of nitrogens with one attached hydrogen (secondary N) is 1. The van der Waals surface area contributed by atoms with E-state index in [0.29, 0.717) is 11.3 Å². The number of piperazine rings is 1. The molecule has 0 amide bonds. The van der Waals surface area contributed by atoms with Crippen molar-refractivity contribution >= 4 is 33.1 Å². The van der Waals surface area contributed by atoms with Crippen LogP contribution in [0.3, 0.4) is 0 Å². The van der Waals surface area contributed by atoms with Crippen molar-refractivity contribution in [1.29, 1.82) is 0 Å². The number of rotatable bonds is 2. The molecule has 5 aromatic rings. The van der Waals surface area contributed by atoms with Gasteiger partial charge >= 0.3 is 0 Å². The fourth-order valence-corrected chi connectivity index (χ4v) is 4.34. The van der Waals surface area contributed by atoms with Crippen LogP contribution in [0.2, 0.25) is 0 Å². The lowest BCUT2D eigenvalue weighted by molar-refractivity contribution is 0.509. The largest absolute Gasteiger partial charge is 0.369 e. The fourth-order valence-electron chi connectivity index (χ4n) is 4.34. The number of halogens is 2. The van der Waals surface area contributed by atoms with Gasteiger partial charge < -0.3 is 10.2 Å². The highest BCUT2D eigenvalue weighted by Gasteiger charge is 2.17. The summed E-state index contributed by atoms with van der Waals surface area (Å²) >= 11 is 0. The minimum Gasteiger partial charge on any atom is -0.369 e. The Kier molecular flexibility index (Phi) is 4.11. The molecule has 6 rings (SSSR count). The third-order valence-electron chi connectivity index (χ3n) is 5.91. The second-order valence-corrected chi connectivity index (χ2v) is 7.78. The van der Waals surface area contributed by atoms with E-state index in [-0.39, 0.29) is 0 Å². The van der Waals surface area contributed by atoms with E-state index >= 15 is 0 Å². The Balaban J connectivity index is 1.64. The van der Waals surface area contributed by atoms with Crippen molar-refractivity contribution in [1.82, 2.24) is 19.9 Å². The highest BCUT2D eigenvalue weighted by Crippen LogP contribution is 2.32. The van der Waals surface area contributed by atoms with E-state index in [9.17, 15) is 8.78 Å². The SMILES string of the molecule is Fc1ccc(-c2nn3c4cc(N5CCNCC5)ccc4nc3c3ccccc23)cc1F. The average Bonchev–Trinajstić information content (AvgIpc) is 3.19. The Hall–Kier alpha value is -3.58. The van der Waals surface area contributed by atoms with Crippen molar-refractivity contribution < 1.29 is 8.78 Å². The van der Waals surface area contributed by atoms with Crippen LogP contribution in [0.1, 0.15) is 0 Å². The summed E-state index contributed by atoms with van der Waals surface area (Å²) < 4.78 is 29.4. The first-order chi connectivity index (χ1) is 15.2. The molecule has 0 radical (unpaired) electrons. The van der Waals surface area contributed by atoms with Gasteiger partial charge in [0.15, 0.2) is 17.3 Å². The van der Waals surface area contributed by atoms with Gasteiger partial charge in [0.1, 0.15) is 0 Å². The highest BCUT2D eigenvalue weighted by atomic mass is 19.2. The molecule has 154 valence electrons. The first-order valence-electron chi connectivity index (χ1n) is 10.3. The molecule has 0 aliphatic carbocycles. The first kappa shape index (κ1) is 18.2. The van der Waals surface area contributed by atoms with E-state index in [2.05, 4.69) is 22.3 Å². The van der Waals surface area contributed by atoms with Crippen molar-refractivity contribution in [3.63, 3.8) is 0 Å². The van der Waals surface area contributed by atoms with E-state index in [4.69, 9.17) is 10.1 Å². The Bertz CT molecular complexity index is 1450. The number of nitrogens with zero attached hydrogens (tertiary/aromatic N) is 4. The Morgan fingerprint density at radius 3 is 2.45 bits per heavy atom. The smallest absolute Gasteiger partial charge is 0.162 e. The van der Waals surface area contributed by atoms with Gasteiger partial charge in [-0.2, -0.15) is 5.10 Å². The molecular weight excluding hydrogens is 396 g/mol. The van der Waals surface area contributed by atoms with Crippen LogP contribution in [0.4, 0.5) is 14.5 Å². The van der Waals surface area contributed by atoms with Crippen LogP contribution in [-0.4, -0.2) is 40.8 Å². The number of hydrogen-bond acceptors (Lipinski definition) is 4. The summed E-state index contributed by atoms with van der Waals surface area (Å²) in [6.07, 6.45) is 0. The molecule has 1 aliphatic rings. The molecule has 31 heavy (non-hydrogen) atoms. The van der Waals surface area contributed by atoms with Crippen LogP contribution in [0, 0.1) is 11.6 Å². The molecule has 1 saturated heterocycles. The highest BCUT2D eigenvalue weighted by molar-refractivity contribution is 6.04. The van der Waals surface area contributed by atoms with Gasteiger partial charge in [0, 0.05) is 48.2 Å². The monoisotopic (exact) mass is 415 g/mol. The van der Waals surface area contributed by atoms with Crippen LogP contribution < -0.4 is 10.2 Å². The third kappa shape index (κ3) is 2.92. The predicted molar refractivity (Wildman–Crippen MR) is 118 cm³/mol. The number of aromatic nitrogens is 3. The normalized spacial score (nSPS) is 14.7. The van der Waals surface area contributed by atoms with Gasteiger partial charge in [0.25, 0.3) is 0 Å². The predicted octanol–water partition coefficient (Wildman–Crippen LogP) is 4.39. The van der Waals surface area contributed by atoms with Crippen LogP contribution in [0.5, 0.6) is 0 Å². The molecule has 0 bridgehead atoms. The maximum Gasteiger partial charge on any atom is 0.162 e. The summed E-state index contributed by atoms with van der Waals surface area (Å²) in [5.41, 5.74) is 4.72. The van der Waals surface area contributed by atoms with Crippen LogP contribution >= 0.6 is 0 Å². The topological polar surface area (TPSA) is 45.5 Å². The summed E-state index contributed by atoms with van der Waals surface area (Å²) in [7, 11) is 0. The maximum atomic E-state index is 14.0. The number of fused-ring (bicyclic) bond motifs is 5. The molecule has 5 nitrogen and oxygen atoms in total. The maximum absolute atomic E-state index is 14.0. The van der Waals surface area contributed by atoms with Crippen LogP contribution in [0.15, 0.2) is 60.7 Å². The molecule has 0 saturated carbocycles. The number of anilines is 1. The van der Waals surface area contributed by atoms with E-state index in [1.165, 1.54) is 6.07 Å². The minimum atomic E-state index is -0.889. The molecule has 3 heterocycles. The average molecular weight is 415 g/mol. The van der Waals surface area contributed by atoms with Crippen molar-refractivity contribution in [2.45, 2.75) is 0 Å². The molecule has 1 aliphatic heterocycles. The van der Waals surface area contributed by atoms with E-state index in [1.54, 1.807) is 6.07 Å². The van der Waals surface area contributed by atoms with Gasteiger partial charge in [-0.3, -0.25) is 0 Å². The van der Waals surface area contributed by atoms with Gasteiger partial charge in [0.05, 0.1) is 16.7 Å². The zero-order valence-corrected chi connectivity index (χ0v) is 16.6. The van der Waals surface area contributed by atoms with Crippen molar-refractivity contribution in [2.24, 2.45) is 0 Å². The summed E-state index contributed by atoms with van der Waals surface area (Å²) in [6, 6.07) is 17.9. The van der Waals surface area contributed by atoms with Gasteiger partial charge in [-0.05, 0) is 36.4 Å². The number of hydrogen-bond donors (Lipinski definition) is 1. The summed E-state index contributed by atoms with van der Waals surface area (Å²) in [6.45, 7) is 3.79. The van der Waals surface area contributed by atoms with Crippen LogP contribution in [0.25, 0.3) is 38.7 Å². The van der Waals surface area contributed by atoms with Gasteiger partial charge in [-0.25, -0.2) is 18.3 Å². The van der Waals surface area contributed by atoms with Crippen LogP contribution in [-0.2, 0) is 0 Å². The number of benzene rings is 3. The molecule has 3 aromatic carbocycles. The summed E-state index contributed by atoms with van der Waals surface area (Å²) in [5, 5.41) is 9.98. The van der Waals surface area contributed by atoms with Gasteiger partial charge in [0.2, 0.25) is 0 Å². The van der Waals surface area contributed by atoms with E-state index < -0.39 is 11.6 Å². The molecule has 7 heteroatoms. The molecule has 0 atom stereocenters. The Morgan fingerprint density at radius 2 is 1.65 bits per heavy atom. The molecule has 0 unspecified atom stereocenters. The lowest BCUT2D eigenvalue weighted by Gasteiger charge is -2.29. The lowest BCUT2D eigenvalue weighted by atomic mass is 10.0. The van der Waals surface area contributed by atoms with Crippen molar-refractivity contribution in [3.8, 4) is 11.3 Å². The second-order valence-electron chi connectivity index (χ2n) is 7.78. The number of imidazole rings is 1. The quantitative estimate of drug-likeness (QED) is 0.465.